The largest absolute Gasteiger partial charge is 0.464 e. The van der Waals surface area contributed by atoms with Crippen LogP contribution in [0.3, 0.4) is 0 Å². The van der Waals surface area contributed by atoms with E-state index in [0.717, 1.165) is 5.56 Å². The lowest BCUT2D eigenvalue weighted by atomic mass is 9.71. The molecule has 5 nitrogen and oxygen atoms in total. The highest BCUT2D eigenvalue weighted by atomic mass is 35.5. The molecule has 1 heterocycles. The van der Waals surface area contributed by atoms with Crippen molar-refractivity contribution in [3.8, 4) is 0 Å². The number of Topliss-reactive ketones (excluding diaryl/α,β-unsaturated/α-hetero) is 1. The zero-order valence-corrected chi connectivity index (χ0v) is 14.3. The number of fused-ring (bicyclic) bond motifs is 2. The molecule has 3 rings (SSSR count). The van der Waals surface area contributed by atoms with Crippen LogP contribution in [0, 0.1) is 5.92 Å². The maximum Gasteiger partial charge on any atom is 0.337 e. The van der Waals surface area contributed by atoms with Gasteiger partial charge in [0.05, 0.1) is 12.5 Å². The number of ether oxygens (including phenoxy) is 1. The number of piperidine rings is 1. The lowest BCUT2D eigenvalue weighted by Crippen LogP contribution is -2.66. The van der Waals surface area contributed by atoms with Gasteiger partial charge in [0.2, 0.25) is 4.87 Å². The van der Waals surface area contributed by atoms with Gasteiger partial charge in [-0.1, -0.05) is 41.9 Å². The molecule has 2 fully saturated rings. The molecule has 0 spiro atoms. The number of likely N-dealkylation sites (tertiary alicyclic amines) is 1. The summed E-state index contributed by atoms with van der Waals surface area (Å²) in [6, 6.07) is 9.48. The second-order valence-electron chi connectivity index (χ2n) is 6.30. The number of nitrogens with zero attached hydrogens (tertiary/aromatic N) is 1. The summed E-state index contributed by atoms with van der Waals surface area (Å²) in [6.07, 6.45) is 1.37. The lowest BCUT2D eigenvalue weighted by molar-refractivity contribution is -0.166. The number of rotatable bonds is 4. The quantitative estimate of drug-likeness (QED) is 0.475. The Kier molecular flexibility index (Phi) is 4.63. The van der Waals surface area contributed by atoms with E-state index < -0.39 is 22.7 Å². The van der Waals surface area contributed by atoms with Crippen LogP contribution in [0.4, 0.5) is 0 Å². The third-order valence-corrected chi connectivity index (χ3v) is 5.46. The minimum absolute atomic E-state index is 0.0679. The second-order valence-corrected chi connectivity index (χ2v) is 6.89. The van der Waals surface area contributed by atoms with Crippen LogP contribution < -0.4 is 0 Å². The number of benzene rings is 1. The van der Waals surface area contributed by atoms with E-state index in [1.165, 1.54) is 0 Å². The van der Waals surface area contributed by atoms with Gasteiger partial charge in [-0.2, -0.15) is 0 Å². The van der Waals surface area contributed by atoms with E-state index in [4.69, 9.17) is 16.3 Å². The van der Waals surface area contributed by atoms with Crippen molar-refractivity contribution < 1.29 is 19.1 Å². The average molecular weight is 350 g/mol. The topological polar surface area (TPSA) is 63.7 Å². The molecule has 1 saturated carbocycles. The molecule has 6 heteroatoms. The predicted molar refractivity (Wildman–Crippen MR) is 88.3 cm³/mol. The van der Waals surface area contributed by atoms with Gasteiger partial charge in [-0.25, -0.2) is 4.79 Å². The van der Waals surface area contributed by atoms with Crippen LogP contribution in [0.5, 0.6) is 0 Å². The number of ketones is 1. The Hall–Kier alpha value is -1.88. The third kappa shape index (κ3) is 2.71. The van der Waals surface area contributed by atoms with Gasteiger partial charge in [0.15, 0.2) is 0 Å². The normalized spacial score (nSPS) is 29.5. The monoisotopic (exact) mass is 349 g/mol. The molecule has 1 aliphatic heterocycles. The predicted octanol–water partition coefficient (Wildman–Crippen LogP) is 2.31. The average Bonchev–Trinajstić information content (AvgIpc) is 2.59. The van der Waals surface area contributed by atoms with Crippen LogP contribution >= 0.6 is 11.6 Å². The summed E-state index contributed by atoms with van der Waals surface area (Å²) >= 11 is 6.49. The van der Waals surface area contributed by atoms with Gasteiger partial charge in [-0.3, -0.25) is 9.59 Å². The van der Waals surface area contributed by atoms with Crippen molar-refractivity contribution in [3.63, 3.8) is 0 Å². The number of alkyl halides is 1. The van der Waals surface area contributed by atoms with Crippen LogP contribution in [0.1, 0.15) is 31.7 Å². The van der Waals surface area contributed by atoms with Crippen molar-refractivity contribution in [3.05, 3.63) is 35.9 Å². The van der Waals surface area contributed by atoms with Gasteiger partial charge in [0.25, 0.3) is 5.91 Å². The molecule has 1 saturated heterocycles. The highest BCUT2D eigenvalue weighted by molar-refractivity contribution is 6.47. The van der Waals surface area contributed by atoms with Crippen LogP contribution in [0.2, 0.25) is 0 Å². The molecule has 1 aromatic carbocycles. The molecule has 1 aromatic rings. The van der Waals surface area contributed by atoms with E-state index in [9.17, 15) is 14.4 Å². The van der Waals surface area contributed by atoms with E-state index in [0.29, 0.717) is 25.8 Å². The highest BCUT2D eigenvalue weighted by Gasteiger charge is 2.62. The molecular formula is C18H20ClNO4. The minimum Gasteiger partial charge on any atom is -0.464 e. The summed E-state index contributed by atoms with van der Waals surface area (Å²) in [5, 5.41) is 0. The fourth-order valence-corrected chi connectivity index (χ4v) is 4.02. The summed E-state index contributed by atoms with van der Waals surface area (Å²) in [4.78, 5) is 37.5. The SMILES string of the molecule is CCOC(=O)[C@@]1(Cl)C(=O)N(Cc2ccccc2)[C@H]2CCC(=O)[C@@H]1C2. The van der Waals surface area contributed by atoms with Crippen LogP contribution in [-0.2, 0) is 25.7 Å². The summed E-state index contributed by atoms with van der Waals surface area (Å²) in [5.41, 5.74) is 0.962. The Bertz CT molecular complexity index is 662. The summed E-state index contributed by atoms with van der Waals surface area (Å²) in [6.45, 7) is 2.14. The number of esters is 1. The Labute approximate surface area is 145 Å². The maximum absolute atomic E-state index is 13.1. The first kappa shape index (κ1) is 17.0. The van der Waals surface area contributed by atoms with Gasteiger partial charge >= 0.3 is 5.97 Å². The smallest absolute Gasteiger partial charge is 0.337 e. The highest BCUT2D eigenvalue weighted by Crippen LogP contribution is 2.44. The lowest BCUT2D eigenvalue weighted by Gasteiger charge is -2.48. The van der Waals surface area contributed by atoms with Crippen LogP contribution in [0.15, 0.2) is 30.3 Å². The molecule has 1 aliphatic carbocycles. The van der Waals surface area contributed by atoms with Crippen LogP contribution in [-0.4, -0.2) is 40.1 Å². The Morgan fingerprint density at radius 1 is 1.33 bits per heavy atom. The van der Waals surface area contributed by atoms with Crippen LogP contribution in [0.25, 0.3) is 0 Å². The number of carbonyl (C=O) groups excluding carboxylic acids is 3. The standard InChI is InChI=1S/C18H20ClNO4/c1-2-24-17(23)18(19)14-10-13(8-9-15(14)21)20(16(18)22)11-12-6-4-3-5-7-12/h3-7,13-14H,2,8-11H2,1H3/t13-,14-,18-/m0/s1. The fourth-order valence-electron chi connectivity index (χ4n) is 3.64. The summed E-state index contributed by atoms with van der Waals surface area (Å²) in [7, 11) is 0. The molecule has 24 heavy (non-hydrogen) atoms. The number of hydrogen-bond acceptors (Lipinski definition) is 4. The summed E-state index contributed by atoms with van der Waals surface area (Å²) < 4.78 is 5.02. The van der Waals surface area contributed by atoms with E-state index in [1.54, 1.807) is 11.8 Å². The maximum atomic E-state index is 13.1. The van der Waals surface area contributed by atoms with Gasteiger partial charge < -0.3 is 9.64 Å². The van der Waals surface area contributed by atoms with Gasteiger partial charge in [0.1, 0.15) is 5.78 Å². The zero-order valence-electron chi connectivity index (χ0n) is 13.5. The third-order valence-electron chi connectivity index (χ3n) is 4.88. The molecule has 2 aliphatic rings. The van der Waals surface area contributed by atoms with E-state index in [2.05, 4.69) is 0 Å². The zero-order chi connectivity index (χ0) is 17.3. The number of carbonyl (C=O) groups is 3. The molecule has 128 valence electrons. The second kappa shape index (κ2) is 6.55. The number of halogens is 1. The Balaban J connectivity index is 1.95. The molecule has 1 amide bonds. The van der Waals surface area contributed by atoms with Crippen molar-refractivity contribution in [2.75, 3.05) is 6.61 Å². The molecule has 3 atom stereocenters. The molecule has 0 aromatic heterocycles. The van der Waals surface area contributed by atoms with E-state index >= 15 is 0 Å². The molecule has 0 N–H and O–H groups in total. The minimum atomic E-state index is -1.93. The van der Waals surface area contributed by atoms with Gasteiger partial charge in [0, 0.05) is 19.0 Å². The fraction of sp³-hybridized carbons (Fsp3) is 0.500. The van der Waals surface area contributed by atoms with Crippen molar-refractivity contribution in [2.45, 2.75) is 43.6 Å². The molecule has 2 bridgehead atoms. The summed E-state index contributed by atoms with van der Waals surface area (Å²) in [5.74, 6) is -2.24. The molecular weight excluding hydrogens is 330 g/mol. The van der Waals surface area contributed by atoms with E-state index in [1.807, 2.05) is 30.3 Å². The van der Waals surface area contributed by atoms with Gasteiger partial charge in [-0.05, 0) is 25.3 Å². The van der Waals surface area contributed by atoms with Crippen molar-refractivity contribution in [2.24, 2.45) is 5.92 Å². The van der Waals surface area contributed by atoms with Crippen molar-refractivity contribution in [1.82, 2.24) is 4.90 Å². The number of hydrogen-bond donors (Lipinski definition) is 0. The van der Waals surface area contributed by atoms with Crippen molar-refractivity contribution in [1.29, 1.82) is 0 Å². The Morgan fingerprint density at radius 3 is 2.71 bits per heavy atom. The van der Waals surface area contributed by atoms with Crippen molar-refractivity contribution >= 4 is 29.3 Å². The molecule has 0 unspecified atom stereocenters. The Morgan fingerprint density at radius 2 is 2.04 bits per heavy atom. The van der Waals surface area contributed by atoms with E-state index in [-0.39, 0.29) is 18.4 Å². The first-order valence-electron chi connectivity index (χ1n) is 8.22. The first-order chi connectivity index (χ1) is 11.5. The first-order valence-corrected chi connectivity index (χ1v) is 8.60. The molecule has 0 radical (unpaired) electrons. The van der Waals surface area contributed by atoms with Gasteiger partial charge in [-0.15, -0.1) is 0 Å². The number of amides is 1.